The van der Waals surface area contributed by atoms with E-state index in [9.17, 15) is 0 Å². The van der Waals surface area contributed by atoms with Gasteiger partial charge in [0.1, 0.15) is 6.33 Å². The van der Waals surface area contributed by atoms with Gasteiger partial charge in [0.2, 0.25) is 0 Å². The normalized spacial score (nSPS) is 30.0. The fourth-order valence-electron chi connectivity index (χ4n) is 2.04. The Morgan fingerprint density at radius 3 is 3.38 bits per heavy atom. The lowest BCUT2D eigenvalue weighted by Crippen LogP contribution is -2.33. The van der Waals surface area contributed by atoms with Crippen molar-refractivity contribution < 1.29 is 9.47 Å². The number of hydrogen-bond donors (Lipinski definition) is 0. The highest BCUT2D eigenvalue weighted by Crippen LogP contribution is 2.25. The van der Waals surface area contributed by atoms with Crippen molar-refractivity contribution in [3.63, 3.8) is 0 Å². The topological polar surface area (TPSA) is 49.2 Å². The maximum Gasteiger partial charge on any atom is 0.191 e. The molecule has 0 N–H and O–H groups in total. The Bertz CT molecular complexity index is 352. The zero-order valence-corrected chi connectivity index (χ0v) is 9.86. The summed E-state index contributed by atoms with van der Waals surface area (Å²) >= 11 is 1.70. The first-order chi connectivity index (χ1) is 7.92. The number of nitrogens with zero attached hydrogens (tertiary/aromatic N) is 3. The highest BCUT2D eigenvalue weighted by Gasteiger charge is 2.25. The molecule has 3 heterocycles. The van der Waals surface area contributed by atoms with Crippen LogP contribution in [0, 0.1) is 0 Å². The molecule has 0 aromatic carbocycles. The van der Waals surface area contributed by atoms with E-state index in [0.717, 1.165) is 36.9 Å². The van der Waals surface area contributed by atoms with Crippen molar-refractivity contribution in [1.82, 2.24) is 14.8 Å². The molecule has 5 nitrogen and oxygen atoms in total. The molecule has 3 rings (SSSR count). The summed E-state index contributed by atoms with van der Waals surface area (Å²) in [6.45, 7) is 1.68. The predicted molar refractivity (Wildman–Crippen MR) is 59.2 cm³/mol. The first-order valence-electron chi connectivity index (χ1n) is 5.69. The van der Waals surface area contributed by atoms with Crippen LogP contribution in [0.4, 0.5) is 0 Å². The van der Waals surface area contributed by atoms with Crippen LogP contribution in [0.5, 0.6) is 0 Å². The van der Waals surface area contributed by atoms with Crippen LogP contribution in [0.2, 0.25) is 0 Å². The maximum absolute atomic E-state index is 5.94. The van der Waals surface area contributed by atoms with E-state index in [-0.39, 0.29) is 12.4 Å². The quantitative estimate of drug-likeness (QED) is 0.781. The van der Waals surface area contributed by atoms with Crippen molar-refractivity contribution in [2.24, 2.45) is 0 Å². The van der Waals surface area contributed by atoms with Crippen LogP contribution < -0.4 is 0 Å². The van der Waals surface area contributed by atoms with E-state index < -0.39 is 0 Å². The van der Waals surface area contributed by atoms with Crippen LogP contribution in [0.3, 0.4) is 0 Å². The van der Waals surface area contributed by atoms with Crippen LogP contribution in [-0.2, 0) is 16.0 Å². The SMILES string of the molecule is c1nnc2n1CC(OC1CCCCO1)CS2. The second kappa shape index (κ2) is 4.73. The Hall–Kier alpha value is -0.590. The minimum absolute atomic E-state index is 0.00243. The molecule has 16 heavy (non-hydrogen) atoms. The Morgan fingerprint density at radius 2 is 2.50 bits per heavy atom. The van der Waals surface area contributed by atoms with Crippen molar-refractivity contribution >= 4 is 11.8 Å². The summed E-state index contributed by atoms with van der Waals surface area (Å²) in [6, 6.07) is 0. The molecular weight excluding hydrogens is 226 g/mol. The van der Waals surface area contributed by atoms with E-state index in [1.807, 2.05) is 4.57 Å². The van der Waals surface area contributed by atoms with Crippen molar-refractivity contribution in [3.05, 3.63) is 6.33 Å². The zero-order valence-electron chi connectivity index (χ0n) is 9.04. The molecule has 1 aromatic heterocycles. The predicted octanol–water partition coefficient (Wildman–Crippen LogP) is 1.30. The highest BCUT2D eigenvalue weighted by molar-refractivity contribution is 7.99. The fourth-order valence-corrected chi connectivity index (χ4v) is 2.95. The van der Waals surface area contributed by atoms with E-state index in [0.29, 0.717) is 0 Å². The van der Waals surface area contributed by atoms with Crippen molar-refractivity contribution in [2.45, 2.75) is 43.4 Å². The Labute approximate surface area is 98.5 Å². The molecule has 1 aromatic rings. The van der Waals surface area contributed by atoms with Gasteiger partial charge in [0.25, 0.3) is 0 Å². The molecule has 0 spiro atoms. The van der Waals surface area contributed by atoms with Gasteiger partial charge in [-0.3, -0.25) is 0 Å². The summed E-state index contributed by atoms with van der Waals surface area (Å²) in [5, 5.41) is 8.91. The van der Waals surface area contributed by atoms with Gasteiger partial charge in [0.05, 0.1) is 12.6 Å². The summed E-state index contributed by atoms with van der Waals surface area (Å²) in [6.07, 6.45) is 5.38. The van der Waals surface area contributed by atoms with E-state index in [1.165, 1.54) is 6.42 Å². The lowest BCUT2D eigenvalue weighted by Gasteiger charge is -2.29. The van der Waals surface area contributed by atoms with Crippen molar-refractivity contribution in [2.75, 3.05) is 12.4 Å². The number of hydrogen-bond acceptors (Lipinski definition) is 5. The van der Waals surface area contributed by atoms with Crippen LogP contribution in [0.15, 0.2) is 11.5 Å². The molecule has 2 unspecified atom stereocenters. The molecule has 0 aliphatic carbocycles. The van der Waals surface area contributed by atoms with E-state index in [2.05, 4.69) is 10.2 Å². The molecule has 6 heteroatoms. The average Bonchev–Trinajstić information content (AvgIpc) is 2.77. The molecule has 88 valence electrons. The van der Waals surface area contributed by atoms with E-state index >= 15 is 0 Å². The van der Waals surface area contributed by atoms with Crippen molar-refractivity contribution in [3.8, 4) is 0 Å². The van der Waals surface area contributed by atoms with Gasteiger partial charge in [-0.15, -0.1) is 10.2 Å². The largest absolute Gasteiger partial charge is 0.353 e. The van der Waals surface area contributed by atoms with Gasteiger partial charge in [-0.25, -0.2) is 0 Å². The Balaban J connectivity index is 1.57. The van der Waals surface area contributed by atoms with Gasteiger partial charge in [-0.1, -0.05) is 11.8 Å². The van der Waals surface area contributed by atoms with Gasteiger partial charge in [0.15, 0.2) is 11.4 Å². The summed E-state index contributed by atoms with van der Waals surface area (Å²) in [5.41, 5.74) is 0. The minimum Gasteiger partial charge on any atom is -0.353 e. The molecule has 2 atom stereocenters. The minimum atomic E-state index is -0.00243. The molecule has 0 amide bonds. The third-order valence-electron chi connectivity index (χ3n) is 2.86. The second-order valence-corrected chi connectivity index (χ2v) is 5.12. The number of ether oxygens (including phenoxy) is 2. The van der Waals surface area contributed by atoms with Crippen LogP contribution in [0.25, 0.3) is 0 Å². The second-order valence-electron chi connectivity index (χ2n) is 4.13. The van der Waals surface area contributed by atoms with Crippen LogP contribution >= 0.6 is 11.8 Å². The maximum atomic E-state index is 5.94. The highest BCUT2D eigenvalue weighted by atomic mass is 32.2. The summed E-state index contributed by atoms with van der Waals surface area (Å²) < 4.78 is 13.6. The third kappa shape index (κ3) is 2.23. The number of rotatable bonds is 2. The van der Waals surface area contributed by atoms with Gasteiger partial charge in [-0.05, 0) is 19.3 Å². The fraction of sp³-hybridized carbons (Fsp3) is 0.800. The lowest BCUT2D eigenvalue weighted by atomic mass is 10.2. The molecule has 1 fully saturated rings. The smallest absolute Gasteiger partial charge is 0.191 e. The Kier molecular flexibility index (Phi) is 3.12. The third-order valence-corrected chi connectivity index (χ3v) is 3.97. The molecule has 1 saturated heterocycles. The number of aromatic nitrogens is 3. The summed E-state index contributed by atoms with van der Waals surface area (Å²) in [5.74, 6) is 0.943. The standard InChI is InChI=1S/C10H15N3O2S/c1-2-4-14-9(3-1)15-8-5-13-7-11-12-10(13)16-6-8/h7-9H,1-6H2. The first kappa shape index (κ1) is 10.6. The van der Waals surface area contributed by atoms with E-state index in [4.69, 9.17) is 9.47 Å². The average molecular weight is 241 g/mol. The number of fused-ring (bicyclic) bond motifs is 1. The van der Waals surface area contributed by atoms with Gasteiger partial charge in [-0.2, -0.15) is 0 Å². The molecule has 0 radical (unpaired) electrons. The molecule has 2 aliphatic rings. The number of thioether (sulfide) groups is 1. The lowest BCUT2D eigenvalue weighted by molar-refractivity contribution is -0.186. The molecule has 2 aliphatic heterocycles. The summed E-state index contributed by atoms with van der Waals surface area (Å²) in [4.78, 5) is 0. The molecular formula is C10H15N3O2S. The zero-order chi connectivity index (χ0) is 10.8. The van der Waals surface area contributed by atoms with Gasteiger partial charge >= 0.3 is 0 Å². The summed E-state index contributed by atoms with van der Waals surface area (Å²) in [7, 11) is 0. The monoisotopic (exact) mass is 241 g/mol. The Morgan fingerprint density at radius 1 is 1.50 bits per heavy atom. The first-order valence-corrected chi connectivity index (χ1v) is 6.68. The van der Waals surface area contributed by atoms with Gasteiger partial charge < -0.3 is 14.0 Å². The molecule has 0 bridgehead atoms. The van der Waals surface area contributed by atoms with Crippen molar-refractivity contribution in [1.29, 1.82) is 0 Å². The molecule has 0 saturated carbocycles. The van der Waals surface area contributed by atoms with Crippen LogP contribution in [-0.4, -0.2) is 39.5 Å². The van der Waals surface area contributed by atoms with E-state index in [1.54, 1.807) is 18.1 Å². The van der Waals surface area contributed by atoms with Gasteiger partial charge in [0, 0.05) is 12.4 Å². The van der Waals surface area contributed by atoms with Crippen LogP contribution in [0.1, 0.15) is 19.3 Å².